The lowest BCUT2D eigenvalue weighted by Crippen LogP contribution is -2.36. The zero-order chi connectivity index (χ0) is 21.0. The van der Waals surface area contributed by atoms with Crippen LogP contribution in [0.3, 0.4) is 0 Å². The minimum Gasteiger partial charge on any atom is -0.352 e. The van der Waals surface area contributed by atoms with Gasteiger partial charge in [-0.3, -0.25) is 4.99 Å². The molecule has 0 aliphatic carbocycles. The van der Waals surface area contributed by atoms with Crippen molar-refractivity contribution in [3.05, 3.63) is 63.9 Å². The lowest BCUT2D eigenvalue weighted by atomic mass is 10.2. The van der Waals surface area contributed by atoms with Gasteiger partial charge in [-0.05, 0) is 24.6 Å². The summed E-state index contributed by atoms with van der Waals surface area (Å²) < 4.78 is 53.9. The maximum absolute atomic E-state index is 14.4. The van der Waals surface area contributed by atoms with Gasteiger partial charge in [-0.1, -0.05) is 6.07 Å². The van der Waals surface area contributed by atoms with Crippen LogP contribution in [-0.2, 0) is 19.3 Å². The van der Waals surface area contributed by atoms with E-state index in [1.807, 2.05) is 0 Å². The number of halogens is 5. The number of guanidine groups is 1. The monoisotopic (exact) mass is 554 g/mol. The van der Waals surface area contributed by atoms with Crippen LogP contribution in [0, 0.1) is 12.7 Å². The molecule has 0 amide bonds. The van der Waals surface area contributed by atoms with Crippen molar-refractivity contribution in [2.24, 2.45) is 4.99 Å². The van der Waals surface area contributed by atoms with Crippen LogP contribution in [0.2, 0.25) is 0 Å². The third kappa shape index (κ3) is 5.90. The fourth-order valence-corrected chi connectivity index (χ4v) is 3.32. The molecule has 0 saturated heterocycles. The number of benzene rings is 1. The molecular weight excluding hydrogens is 535 g/mol. The summed E-state index contributed by atoms with van der Waals surface area (Å²) in [6.45, 7) is 2.16. The van der Waals surface area contributed by atoms with E-state index in [9.17, 15) is 17.6 Å². The predicted molar refractivity (Wildman–Crippen MR) is 118 cm³/mol. The van der Waals surface area contributed by atoms with Crippen LogP contribution >= 0.6 is 35.3 Å². The summed E-state index contributed by atoms with van der Waals surface area (Å²) in [4.78, 5) is 11.6. The van der Waals surface area contributed by atoms with Crippen molar-refractivity contribution in [3.63, 3.8) is 0 Å². The van der Waals surface area contributed by atoms with E-state index in [4.69, 9.17) is 0 Å². The number of nitrogens with zero attached hydrogens (tertiary/aromatic N) is 4. The molecule has 2 heterocycles. The number of hydrogen-bond acceptors (Lipinski definition) is 4. The standard InChI is InChI=1S/C18H18F4N6S.HI/c1-11-24-5-6-28(11)14-4-3-12(7-13(14)19)8-25-17(23-2)26-9-16-27-15(10-29-16)18(20,21)22;/h3-7,10H,8-9H2,1-2H3,(H2,23,25,26);1H. The molecule has 3 aromatic rings. The van der Waals surface area contributed by atoms with Crippen LogP contribution in [0.25, 0.3) is 5.69 Å². The molecule has 2 N–H and O–H groups in total. The Bertz CT molecular complexity index is 1010. The summed E-state index contributed by atoms with van der Waals surface area (Å²) in [5.41, 5.74) is 0.169. The number of imidazole rings is 1. The number of hydrogen-bond donors (Lipinski definition) is 2. The maximum atomic E-state index is 14.4. The van der Waals surface area contributed by atoms with Crippen LogP contribution in [0.4, 0.5) is 17.6 Å². The first kappa shape index (κ1) is 24.1. The molecule has 1 aromatic carbocycles. The van der Waals surface area contributed by atoms with Gasteiger partial charge in [0.25, 0.3) is 0 Å². The summed E-state index contributed by atoms with van der Waals surface area (Å²) in [6, 6.07) is 4.84. The number of alkyl halides is 3. The average Bonchev–Trinajstić information content (AvgIpc) is 3.31. The minimum absolute atomic E-state index is 0. The van der Waals surface area contributed by atoms with Crippen molar-refractivity contribution >= 4 is 41.3 Å². The minimum atomic E-state index is -4.46. The van der Waals surface area contributed by atoms with Crippen LogP contribution in [0.15, 0.2) is 41.0 Å². The third-order valence-corrected chi connectivity index (χ3v) is 4.88. The number of aromatic nitrogens is 3. The first-order valence-electron chi connectivity index (χ1n) is 8.53. The van der Waals surface area contributed by atoms with E-state index >= 15 is 0 Å². The number of aliphatic imine (C=N–C) groups is 1. The number of rotatable bonds is 5. The molecule has 0 atom stereocenters. The second-order valence-electron chi connectivity index (χ2n) is 6.03. The summed E-state index contributed by atoms with van der Waals surface area (Å²) >= 11 is 0.913. The highest BCUT2D eigenvalue weighted by Gasteiger charge is 2.33. The van der Waals surface area contributed by atoms with Crippen LogP contribution in [0.5, 0.6) is 0 Å². The van der Waals surface area contributed by atoms with Crippen LogP contribution in [0.1, 0.15) is 22.1 Å². The Hall–Kier alpha value is -2.22. The first-order chi connectivity index (χ1) is 13.8. The summed E-state index contributed by atoms with van der Waals surface area (Å²) in [5.74, 6) is 0.648. The van der Waals surface area contributed by atoms with Gasteiger partial charge in [-0.2, -0.15) is 13.2 Å². The Labute approximate surface area is 191 Å². The Kier molecular flexibility index (Phi) is 8.18. The number of aryl methyl sites for hydroxylation is 1. The molecule has 0 aliphatic heterocycles. The predicted octanol–water partition coefficient (Wildman–Crippen LogP) is 4.28. The molecule has 162 valence electrons. The molecule has 0 unspecified atom stereocenters. The van der Waals surface area contributed by atoms with Gasteiger partial charge >= 0.3 is 6.18 Å². The van der Waals surface area contributed by atoms with Crippen molar-refractivity contribution < 1.29 is 17.6 Å². The fraction of sp³-hybridized carbons (Fsp3) is 0.278. The maximum Gasteiger partial charge on any atom is 0.434 e. The van der Waals surface area contributed by atoms with Crippen molar-refractivity contribution in [1.82, 2.24) is 25.2 Å². The van der Waals surface area contributed by atoms with Gasteiger partial charge in [-0.25, -0.2) is 14.4 Å². The van der Waals surface area contributed by atoms with E-state index in [1.165, 1.54) is 13.1 Å². The molecule has 12 heteroatoms. The molecule has 0 aliphatic rings. The molecule has 0 saturated carbocycles. The fourth-order valence-electron chi connectivity index (χ4n) is 2.58. The van der Waals surface area contributed by atoms with Gasteiger partial charge in [0.15, 0.2) is 11.7 Å². The lowest BCUT2D eigenvalue weighted by Gasteiger charge is -2.12. The van der Waals surface area contributed by atoms with Crippen LogP contribution < -0.4 is 10.6 Å². The highest BCUT2D eigenvalue weighted by molar-refractivity contribution is 14.0. The van der Waals surface area contributed by atoms with Crippen molar-refractivity contribution in [3.8, 4) is 5.69 Å². The van der Waals surface area contributed by atoms with E-state index in [0.29, 0.717) is 23.0 Å². The summed E-state index contributed by atoms with van der Waals surface area (Å²) in [6.07, 6.45) is -1.18. The number of nitrogens with one attached hydrogen (secondary N) is 2. The molecule has 3 rings (SSSR count). The van der Waals surface area contributed by atoms with E-state index in [1.54, 1.807) is 36.0 Å². The molecule has 6 nitrogen and oxygen atoms in total. The molecule has 0 fully saturated rings. The van der Waals surface area contributed by atoms with Crippen molar-refractivity contribution in [1.29, 1.82) is 0 Å². The van der Waals surface area contributed by atoms with Gasteiger partial charge in [-0.15, -0.1) is 35.3 Å². The van der Waals surface area contributed by atoms with Gasteiger partial charge in [0.2, 0.25) is 0 Å². The van der Waals surface area contributed by atoms with E-state index in [-0.39, 0.29) is 42.1 Å². The molecular formula is C18H19F4IN6S. The third-order valence-electron chi connectivity index (χ3n) is 4.03. The van der Waals surface area contributed by atoms with Crippen molar-refractivity contribution in [2.75, 3.05) is 7.05 Å². The molecule has 0 spiro atoms. The quantitative estimate of drug-likeness (QED) is 0.214. The van der Waals surface area contributed by atoms with Crippen LogP contribution in [-0.4, -0.2) is 27.5 Å². The Morgan fingerprint density at radius 2 is 1.97 bits per heavy atom. The lowest BCUT2D eigenvalue weighted by molar-refractivity contribution is -0.140. The Morgan fingerprint density at radius 3 is 2.53 bits per heavy atom. The SMILES string of the molecule is CN=C(NCc1ccc(-n2ccnc2C)c(F)c1)NCc1nc(C(F)(F)F)cs1.I. The molecule has 0 bridgehead atoms. The van der Waals surface area contributed by atoms with E-state index in [2.05, 4.69) is 25.6 Å². The summed E-state index contributed by atoms with van der Waals surface area (Å²) in [7, 11) is 1.53. The topological polar surface area (TPSA) is 67.1 Å². The van der Waals surface area contributed by atoms with Gasteiger partial charge in [0.05, 0.1) is 12.2 Å². The van der Waals surface area contributed by atoms with Gasteiger partial charge in [0, 0.05) is 31.4 Å². The smallest absolute Gasteiger partial charge is 0.352 e. The van der Waals surface area contributed by atoms with Gasteiger partial charge < -0.3 is 15.2 Å². The second-order valence-corrected chi connectivity index (χ2v) is 6.98. The van der Waals surface area contributed by atoms with Crippen molar-refractivity contribution in [2.45, 2.75) is 26.2 Å². The number of thiazole rings is 1. The Morgan fingerprint density at radius 1 is 1.23 bits per heavy atom. The average molecular weight is 554 g/mol. The molecule has 2 aromatic heterocycles. The second kappa shape index (κ2) is 10.2. The molecule has 30 heavy (non-hydrogen) atoms. The molecule has 0 radical (unpaired) electrons. The van der Waals surface area contributed by atoms with Gasteiger partial charge in [0.1, 0.15) is 16.6 Å². The Balaban J connectivity index is 0.00000320. The zero-order valence-corrected chi connectivity index (χ0v) is 19.1. The normalized spacial score (nSPS) is 11.9. The largest absolute Gasteiger partial charge is 0.434 e. The highest BCUT2D eigenvalue weighted by Crippen LogP contribution is 2.29. The first-order valence-corrected chi connectivity index (χ1v) is 9.40. The van der Waals surface area contributed by atoms with E-state index < -0.39 is 17.7 Å². The highest BCUT2D eigenvalue weighted by atomic mass is 127. The van der Waals surface area contributed by atoms with E-state index in [0.717, 1.165) is 16.7 Å². The summed E-state index contributed by atoms with van der Waals surface area (Å²) in [5, 5.41) is 7.14. The zero-order valence-electron chi connectivity index (χ0n) is 16.0.